The second kappa shape index (κ2) is 8.79. The molecule has 0 aliphatic heterocycles. The molecule has 1 heterocycles. The van der Waals surface area contributed by atoms with Crippen LogP contribution in [0.1, 0.15) is 5.56 Å². The van der Waals surface area contributed by atoms with Gasteiger partial charge in [-0.2, -0.15) is 13.2 Å². The van der Waals surface area contributed by atoms with Crippen LogP contribution in [0.15, 0.2) is 41.3 Å². The molecule has 1 N–H and O–H groups in total. The number of halogens is 4. The Morgan fingerprint density at radius 3 is 2.54 bits per heavy atom. The molecule has 0 saturated carbocycles. The number of rotatable bonds is 6. The van der Waals surface area contributed by atoms with Gasteiger partial charge in [-0.15, -0.1) is 0 Å². The summed E-state index contributed by atoms with van der Waals surface area (Å²) in [6.07, 6.45) is -4.16. The van der Waals surface area contributed by atoms with E-state index >= 15 is 0 Å². The number of anilines is 1. The van der Waals surface area contributed by atoms with Gasteiger partial charge < -0.3 is 19.4 Å². The zero-order chi connectivity index (χ0) is 20.9. The molecule has 150 valence electrons. The van der Waals surface area contributed by atoms with E-state index in [2.05, 4.69) is 10.1 Å². The molecule has 11 heteroatoms. The lowest BCUT2D eigenvalue weighted by Crippen LogP contribution is -2.28. The topological polar surface area (TPSA) is 86.6 Å². The minimum atomic E-state index is -4.67. The summed E-state index contributed by atoms with van der Waals surface area (Å²) in [4.78, 5) is 35.1. The molecule has 28 heavy (non-hydrogen) atoms. The van der Waals surface area contributed by atoms with Gasteiger partial charge in [0.05, 0.1) is 17.7 Å². The van der Waals surface area contributed by atoms with Crippen LogP contribution in [0, 0.1) is 0 Å². The number of nitrogens with one attached hydrogen (secondary N) is 1. The summed E-state index contributed by atoms with van der Waals surface area (Å²) < 4.78 is 48.2. The molecule has 0 fully saturated rings. The third kappa shape index (κ3) is 5.74. The van der Waals surface area contributed by atoms with Crippen molar-refractivity contribution in [1.82, 2.24) is 4.57 Å². The highest BCUT2D eigenvalue weighted by atomic mass is 35.5. The number of methoxy groups -OCH3 is 1. The first-order valence-electron chi connectivity index (χ1n) is 7.67. The van der Waals surface area contributed by atoms with Crippen LogP contribution in [-0.2, 0) is 27.0 Å². The first-order chi connectivity index (χ1) is 13.1. The minimum Gasteiger partial charge on any atom is -0.495 e. The number of hydrogen-bond donors (Lipinski definition) is 1. The molecule has 1 aromatic heterocycles. The molecular formula is C17H14ClF3N2O5. The third-order valence-corrected chi connectivity index (χ3v) is 3.71. The third-order valence-electron chi connectivity index (χ3n) is 3.41. The predicted molar refractivity (Wildman–Crippen MR) is 93.3 cm³/mol. The van der Waals surface area contributed by atoms with Gasteiger partial charge in [0.2, 0.25) is 0 Å². The first kappa shape index (κ1) is 21.3. The number of benzene rings is 1. The monoisotopic (exact) mass is 418 g/mol. The van der Waals surface area contributed by atoms with Crippen molar-refractivity contribution in [2.45, 2.75) is 12.7 Å². The van der Waals surface area contributed by atoms with Crippen molar-refractivity contribution < 1.29 is 32.2 Å². The summed E-state index contributed by atoms with van der Waals surface area (Å²) in [7, 11) is 1.43. The SMILES string of the molecule is COc1ccc(NC(=O)COC(=O)Cn2cc(C(F)(F)F)ccc2=O)cc1Cl. The highest BCUT2D eigenvalue weighted by molar-refractivity contribution is 6.32. The van der Waals surface area contributed by atoms with Crippen LogP contribution in [0.25, 0.3) is 0 Å². The van der Waals surface area contributed by atoms with Crippen molar-refractivity contribution >= 4 is 29.2 Å². The Morgan fingerprint density at radius 2 is 1.93 bits per heavy atom. The van der Waals surface area contributed by atoms with E-state index in [1.54, 1.807) is 0 Å². The lowest BCUT2D eigenvalue weighted by atomic mass is 10.3. The molecule has 0 aliphatic carbocycles. The number of esters is 1. The molecule has 0 saturated heterocycles. The summed E-state index contributed by atoms with van der Waals surface area (Å²) in [5, 5.41) is 2.67. The molecule has 0 spiro atoms. The number of pyridine rings is 1. The van der Waals surface area contributed by atoms with Gasteiger partial charge in [0.15, 0.2) is 6.61 Å². The number of carbonyl (C=O) groups is 2. The van der Waals surface area contributed by atoms with Crippen molar-refractivity contribution in [3.63, 3.8) is 0 Å². The summed E-state index contributed by atoms with van der Waals surface area (Å²) in [5.74, 6) is -1.35. The van der Waals surface area contributed by atoms with E-state index in [1.165, 1.54) is 25.3 Å². The van der Waals surface area contributed by atoms with E-state index < -0.39 is 42.3 Å². The van der Waals surface area contributed by atoms with Crippen LogP contribution in [0.3, 0.4) is 0 Å². The van der Waals surface area contributed by atoms with E-state index in [-0.39, 0.29) is 5.02 Å². The molecule has 0 radical (unpaired) electrons. The second-order valence-electron chi connectivity index (χ2n) is 5.44. The van der Waals surface area contributed by atoms with Crippen LogP contribution in [0.2, 0.25) is 5.02 Å². The summed E-state index contributed by atoms with van der Waals surface area (Å²) in [6, 6.07) is 5.74. The molecule has 2 aromatic rings. The van der Waals surface area contributed by atoms with Gasteiger partial charge in [0.25, 0.3) is 11.5 Å². The van der Waals surface area contributed by atoms with Gasteiger partial charge in [0, 0.05) is 18.0 Å². The maximum Gasteiger partial charge on any atom is 0.417 e. The Kier molecular flexibility index (Phi) is 6.68. The number of aromatic nitrogens is 1. The second-order valence-corrected chi connectivity index (χ2v) is 5.85. The number of ether oxygens (including phenoxy) is 2. The molecule has 0 atom stereocenters. The Morgan fingerprint density at radius 1 is 1.21 bits per heavy atom. The normalized spacial score (nSPS) is 11.0. The first-order valence-corrected chi connectivity index (χ1v) is 8.04. The van der Waals surface area contributed by atoms with E-state index in [4.69, 9.17) is 16.3 Å². The molecule has 1 amide bonds. The number of nitrogens with zero attached hydrogens (tertiary/aromatic N) is 1. The van der Waals surface area contributed by atoms with E-state index in [0.717, 1.165) is 0 Å². The van der Waals surface area contributed by atoms with Gasteiger partial charge in [-0.1, -0.05) is 11.6 Å². The molecule has 0 bridgehead atoms. The van der Waals surface area contributed by atoms with Crippen LogP contribution in [0.5, 0.6) is 5.75 Å². The Hall–Kier alpha value is -3.01. The van der Waals surface area contributed by atoms with Crippen molar-refractivity contribution in [3.8, 4) is 5.75 Å². The Labute approximate surface area is 161 Å². The average molecular weight is 419 g/mol. The van der Waals surface area contributed by atoms with Gasteiger partial charge in [-0.3, -0.25) is 14.4 Å². The quantitative estimate of drug-likeness (QED) is 0.729. The van der Waals surface area contributed by atoms with E-state index in [1.807, 2.05) is 0 Å². The molecule has 0 aliphatic rings. The van der Waals surface area contributed by atoms with Gasteiger partial charge in [0.1, 0.15) is 12.3 Å². The molecule has 7 nitrogen and oxygen atoms in total. The lowest BCUT2D eigenvalue weighted by Gasteiger charge is -2.11. The Bertz CT molecular complexity index is 943. The largest absolute Gasteiger partial charge is 0.495 e. The highest BCUT2D eigenvalue weighted by Crippen LogP contribution is 2.28. The molecule has 0 unspecified atom stereocenters. The fraction of sp³-hybridized carbons (Fsp3) is 0.235. The standard InChI is InChI=1S/C17H14ClF3N2O5/c1-27-13-4-3-11(6-12(13)18)22-14(24)9-28-16(26)8-23-7-10(17(19,20)21)2-5-15(23)25/h2-7H,8-9H2,1H3,(H,22,24). The fourth-order valence-corrected chi connectivity index (χ4v) is 2.35. The smallest absolute Gasteiger partial charge is 0.417 e. The van der Waals surface area contributed by atoms with Crippen molar-refractivity contribution in [2.24, 2.45) is 0 Å². The highest BCUT2D eigenvalue weighted by Gasteiger charge is 2.31. The summed E-state index contributed by atoms with van der Waals surface area (Å²) >= 11 is 5.92. The fourth-order valence-electron chi connectivity index (χ4n) is 2.09. The number of alkyl halides is 3. The van der Waals surface area contributed by atoms with Crippen molar-refractivity contribution in [3.05, 3.63) is 57.5 Å². The number of carbonyl (C=O) groups excluding carboxylic acids is 2. The molecular weight excluding hydrogens is 405 g/mol. The predicted octanol–water partition coefficient (Wildman–Crippen LogP) is 2.71. The van der Waals surface area contributed by atoms with Crippen LogP contribution in [-0.4, -0.2) is 30.2 Å². The maximum absolute atomic E-state index is 12.7. The lowest BCUT2D eigenvalue weighted by molar-refractivity contribution is -0.148. The molecule has 2 rings (SSSR count). The van der Waals surface area contributed by atoms with E-state index in [0.29, 0.717) is 34.3 Å². The minimum absolute atomic E-state index is 0.251. The summed E-state index contributed by atoms with van der Waals surface area (Å²) in [6.45, 7) is -1.47. The van der Waals surface area contributed by atoms with Crippen LogP contribution < -0.4 is 15.6 Å². The zero-order valence-corrected chi connectivity index (χ0v) is 15.1. The van der Waals surface area contributed by atoms with Crippen molar-refractivity contribution in [2.75, 3.05) is 19.0 Å². The van der Waals surface area contributed by atoms with Crippen LogP contribution in [0.4, 0.5) is 18.9 Å². The average Bonchev–Trinajstić information content (AvgIpc) is 2.61. The number of hydrogen-bond acceptors (Lipinski definition) is 5. The van der Waals surface area contributed by atoms with Gasteiger partial charge >= 0.3 is 12.1 Å². The van der Waals surface area contributed by atoms with E-state index in [9.17, 15) is 27.6 Å². The maximum atomic E-state index is 12.7. The zero-order valence-electron chi connectivity index (χ0n) is 14.4. The summed E-state index contributed by atoms with van der Waals surface area (Å²) in [5.41, 5.74) is -1.59. The van der Waals surface area contributed by atoms with Gasteiger partial charge in [-0.25, -0.2) is 0 Å². The number of amides is 1. The van der Waals surface area contributed by atoms with Gasteiger partial charge in [-0.05, 0) is 24.3 Å². The van der Waals surface area contributed by atoms with Crippen LogP contribution >= 0.6 is 11.6 Å². The Balaban J connectivity index is 1.93. The molecule has 1 aromatic carbocycles. The van der Waals surface area contributed by atoms with Crippen molar-refractivity contribution in [1.29, 1.82) is 0 Å².